The normalized spacial score (nSPS) is 19.4. The van der Waals surface area contributed by atoms with Gasteiger partial charge in [-0.25, -0.2) is 0 Å². The molecule has 1 amide bonds. The summed E-state index contributed by atoms with van der Waals surface area (Å²) in [6.45, 7) is 4.01. The Balaban J connectivity index is 0.00000128. The maximum Gasteiger partial charge on any atom is 0.264 e. The maximum atomic E-state index is 12.0. The van der Waals surface area contributed by atoms with Crippen LogP contribution in [0.25, 0.3) is 0 Å². The van der Waals surface area contributed by atoms with Gasteiger partial charge in [0.15, 0.2) is 0 Å². The lowest BCUT2D eigenvalue weighted by molar-refractivity contribution is 0.0793. The van der Waals surface area contributed by atoms with Crippen LogP contribution in [0.5, 0.6) is 0 Å². The van der Waals surface area contributed by atoms with E-state index >= 15 is 0 Å². The zero-order chi connectivity index (χ0) is 10.8. The molecule has 0 radical (unpaired) electrons. The zero-order valence-electron chi connectivity index (χ0n) is 9.53. The second-order valence-corrected chi connectivity index (χ2v) is 5.14. The van der Waals surface area contributed by atoms with Crippen LogP contribution in [0.15, 0.2) is 12.1 Å². The SMILES string of the molecule is CNc1ccc(C(=O)N2CCC(C)C2)s1.Cl. The summed E-state index contributed by atoms with van der Waals surface area (Å²) in [4.78, 5) is 14.8. The van der Waals surface area contributed by atoms with Gasteiger partial charge < -0.3 is 10.2 Å². The molecule has 0 bridgehead atoms. The summed E-state index contributed by atoms with van der Waals surface area (Å²) in [5, 5.41) is 4.10. The van der Waals surface area contributed by atoms with E-state index in [9.17, 15) is 4.79 Å². The summed E-state index contributed by atoms with van der Waals surface area (Å²) in [6, 6.07) is 3.86. The Hall–Kier alpha value is -0.740. The minimum Gasteiger partial charge on any atom is -0.380 e. The van der Waals surface area contributed by atoms with Gasteiger partial charge in [0.2, 0.25) is 0 Å². The number of halogens is 1. The predicted molar refractivity (Wildman–Crippen MR) is 70.8 cm³/mol. The van der Waals surface area contributed by atoms with E-state index < -0.39 is 0 Å². The van der Waals surface area contributed by atoms with E-state index in [4.69, 9.17) is 0 Å². The van der Waals surface area contributed by atoms with E-state index in [0.29, 0.717) is 5.92 Å². The lowest BCUT2D eigenvalue weighted by atomic mass is 10.2. The average Bonchev–Trinajstić information content (AvgIpc) is 2.84. The van der Waals surface area contributed by atoms with Gasteiger partial charge in [0.1, 0.15) is 0 Å². The highest BCUT2D eigenvalue weighted by Crippen LogP contribution is 2.25. The second-order valence-electron chi connectivity index (χ2n) is 4.06. The van der Waals surface area contributed by atoms with Gasteiger partial charge in [-0.1, -0.05) is 6.92 Å². The molecule has 16 heavy (non-hydrogen) atoms. The molecule has 90 valence electrons. The summed E-state index contributed by atoms with van der Waals surface area (Å²) in [7, 11) is 1.87. The fourth-order valence-corrected chi connectivity index (χ4v) is 2.69. The molecular weight excluding hydrogens is 244 g/mol. The number of hydrogen-bond donors (Lipinski definition) is 1. The molecule has 2 rings (SSSR count). The highest BCUT2D eigenvalue weighted by Gasteiger charge is 2.24. The van der Waals surface area contributed by atoms with Gasteiger partial charge in [-0.05, 0) is 24.5 Å². The molecule has 1 aromatic rings. The third-order valence-corrected chi connectivity index (χ3v) is 3.87. The molecule has 1 aromatic heterocycles. The van der Waals surface area contributed by atoms with Crippen LogP contribution < -0.4 is 5.32 Å². The molecule has 1 aliphatic heterocycles. The molecule has 1 unspecified atom stereocenters. The molecule has 2 heterocycles. The largest absolute Gasteiger partial charge is 0.380 e. The van der Waals surface area contributed by atoms with Crippen LogP contribution in [0.1, 0.15) is 23.0 Å². The number of carbonyl (C=O) groups excluding carboxylic acids is 1. The first-order valence-corrected chi connectivity index (χ1v) is 6.09. The number of amides is 1. The van der Waals surface area contributed by atoms with E-state index in [1.165, 1.54) is 11.3 Å². The Morgan fingerprint density at radius 2 is 2.31 bits per heavy atom. The first kappa shape index (κ1) is 13.3. The van der Waals surface area contributed by atoms with Gasteiger partial charge in [0.25, 0.3) is 5.91 Å². The van der Waals surface area contributed by atoms with Crippen molar-refractivity contribution in [3.05, 3.63) is 17.0 Å². The highest BCUT2D eigenvalue weighted by molar-refractivity contribution is 7.17. The number of nitrogens with one attached hydrogen (secondary N) is 1. The number of likely N-dealkylation sites (tertiary alicyclic amines) is 1. The van der Waals surface area contributed by atoms with E-state index in [-0.39, 0.29) is 18.3 Å². The number of thiophene rings is 1. The number of rotatable bonds is 2. The number of carbonyl (C=O) groups is 1. The highest BCUT2D eigenvalue weighted by atomic mass is 35.5. The van der Waals surface area contributed by atoms with E-state index in [0.717, 1.165) is 29.4 Å². The van der Waals surface area contributed by atoms with Gasteiger partial charge in [-0.3, -0.25) is 4.79 Å². The Morgan fingerprint density at radius 3 is 2.81 bits per heavy atom. The van der Waals surface area contributed by atoms with Crippen molar-refractivity contribution in [2.24, 2.45) is 5.92 Å². The fraction of sp³-hybridized carbons (Fsp3) is 0.545. The molecule has 0 aliphatic carbocycles. The van der Waals surface area contributed by atoms with Gasteiger partial charge in [-0.15, -0.1) is 23.7 Å². The number of hydrogen-bond acceptors (Lipinski definition) is 3. The summed E-state index contributed by atoms with van der Waals surface area (Å²) in [5.41, 5.74) is 0. The molecule has 1 fully saturated rings. The van der Waals surface area contributed by atoms with Gasteiger partial charge in [0, 0.05) is 20.1 Å². The van der Waals surface area contributed by atoms with E-state index in [2.05, 4.69) is 12.2 Å². The molecule has 3 nitrogen and oxygen atoms in total. The molecule has 5 heteroatoms. The zero-order valence-corrected chi connectivity index (χ0v) is 11.2. The summed E-state index contributed by atoms with van der Waals surface area (Å²) in [5.74, 6) is 0.837. The molecule has 1 N–H and O–H groups in total. The van der Waals surface area contributed by atoms with Crippen LogP contribution in [0, 0.1) is 5.92 Å². The Bertz CT molecular complexity index is 367. The van der Waals surface area contributed by atoms with E-state index in [1.54, 1.807) is 0 Å². The first-order valence-electron chi connectivity index (χ1n) is 5.27. The van der Waals surface area contributed by atoms with Gasteiger partial charge >= 0.3 is 0 Å². The van der Waals surface area contributed by atoms with Crippen LogP contribution >= 0.6 is 23.7 Å². The standard InChI is InChI=1S/C11H16N2OS.ClH/c1-8-5-6-13(7-8)11(14)9-3-4-10(12-2)15-9;/h3-4,8,12H,5-7H2,1-2H3;1H. The van der Waals surface area contributed by atoms with Crippen molar-refractivity contribution in [2.45, 2.75) is 13.3 Å². The Morgan fingerprint density at radius 1 is 1.56 bits per heavy atom. The van der Waals surface area contributed by atoms with Crippen molar-refractivity contribution in [2.75, 3.05) is 25.5 Å². The third-order valence-electron chi connectivity index (χ3n) is 2.77. The summed E-state index contributed by atoms with van der Waals surface area (Å²) in [6.07, 6.45) is 1.13. The lowest BCUT2D eigenvalue weighted by Gasteiger charge is -2.14. The van der Waals surface area contributed by atoms with Crippen molar-refractivity contribution >= 4 is 34.7 Å². The van der Waals surface area contributed by atoms with Crippen molar-refractivity contribution in [1.82, 2.24) is 4.90 Å². The summed E-state index contributed by atoms with van der Waals surface area (Å²) >= 11 is 1.53. The number of nitrogens with zero attached hydrogens (tertiary/aromatic N) is 1. The van der Waals surface area contributed by atoms with Crippen LogP contribution in [0.4, 0.5) is 5.00 Å². The monoisotopic (exact) mass is 260 g/mol. The minimum absolute atomic E-state index is 0. The second kappa shape index (κ2) is 5.55. The number of anilines is 1. The van der Waals surface area contributed by atoms with Crippen LogP contribution in [0.2, 0.25) is 0 Å². The lowest BCUT2D eigenvalue weighted by Crippen LogP contribution is -2.27. The molecule has 1 aliphatic rings. The minimum atomic E-state index is 0. The maximum absolute atomic E-state index is 12.0. The van der Waals surface area contributed by atoms with Crippen LogP contribution in [0.3, 0.4) is 0 Å². The van der Waals surface area contributed by atoms with Crippen LogP contribution in [-0.4, -0.2) is 30.9 Å². The Labute approximate surface area is 106 Å². The smallest absolute Gasteiger partial charge is 0.264 e. The average molecular weight is 261 g/mol. The van der Waals surface area contributed by atoms with Gasteiger partial charge in [-0.2, -0.15) is 0 Å². The van der Waals surface area contributed by atoms with Gasteiger partial charge in [0.05, 0.1) is 9.88 Å². The van der Waals surface area contributed by atoms with Crippen molar-refractivity contribution in [1.29, 1.82) is 0 Å². The summed E-state index contributed by atoms with van der Waals surface area (Å²) < 4.78 is 0. The molecule has 1 atom stereocenters. The van der Waals surface area contributed by atoms with Crippen molar-refractivity contribution in [3.8, 4) is 0 Å². The quantitative estimate of drug-likeness (QED) is 0.887. The predicted octanol–water partition coefficient (Wildman–Crippen LogP) is 2.69. The van der Waals surface area contributed by atoms with Crippen molar-refractivity contribution in [3.63, 3.8) is 0 Å². The topological polar surface area (TPSA) is 32.3 Å². The molecule has 1 saturated heterocycles. The van der Waals surface area contributed by atoms with Crippen LogP contribution in [-0.2, 0) is 0 Å². The first-order chi connectivity index (χ1) is 7.20. The molecular formula is C11H17ClN2OS. The van der Waals surface area contributed by atoms with E-state index in [1.807, 2.05) is 24.1 Å². The fourth-order valence-electron chi connectivity index (χ4n) is 1.86. The molecule has 0 aromatic carbocycles. The Kier molecular flexibility index (Phi) is 4.62. The molecule has 0 spiro atoms. The third kappa shape index (κ3) is 2.68. The molecule has 0 saturated carbocycles. The van der Waals surface area contributed by atoms with Crippen molar-refractivity contribution < 1.29 is 4.79 Å².